The molecule has 0 aliphatic rings. The highest BCUT2D eigenvalue weighted by Gasteiger charge is 2.23. The summed E-state index contributed by atoms with van der Waals surface area (Å²) >= 11 is 3.27. The monoisotopic (exact) mass is 421 g/mol. The van der Waals surface area contributed by atoms with E-state index in [1.54, 1.807) is 7.11 Å². The number of nitro groups is 1. The molecule has 0 saturated heterocycles. The van der Waals surface area contributed by atoms with E-state index in [-0.39, 0.29) is 17.6 Å². The van der Waals surface area contributed by atoms with Gasteiger partial charge < -0.3 is 10.1 Å². The van der Waals surface area contributed by atoms with Crippen LogP contribution < -0.4 is 10.6 Å². The largest absolute Gasteiger partial charge is 0.383 e. The fourth-order valence-electron chi connectivity index (χ4n) is 2.48. The number of carbonyl (C=O) groups is 1. The predicted molar refractivity (Wildman–Crippen MR) is 103 cm³/mol. The molecule has 8 heteroatoms. The molecule has 2 atom stereocenters. The Bertz CT molecular complexity index is 770. The summed E-state index contributed by atoms with van der Waals surface area (Å²) in [6, 6.07) is 12.9. The maximum Gasteiger partial charge on any atom is 0.270 e. The van der Waals surface area contributed by atoms with Crippen LogP contribution in [0.15, 0.2) is 53.0 Å². The molecular formula is C18H20BrN3O4. The third kappa shape index (κ3) is 5.35. The van der Waals surface area contributed by atoms with Gasteiger partial charge in [0.15, 0.2) is 0 Å². The molecule has 0 spiro atoms. The molecule has 26 heavy (non-hydrogen) atoms. The molecule has 0 aliphatic heterocycles. The van der Waals surface area contributed by atoms with Crippen molar-refractivity contribution in [2.75, 3.05) is 19.0 Å². The summed E-state index contributed by atoms with van der Waals surface area (Å²) in [6.45, 7) is 2.38. The molecule has 1 amide bonds. The standard InChI is InChI=1S/C18H20BrN3O4/c1-12(11-26-2)20-17(13-6-4-3-5-7-13)18(23)21-16-9-8-14(22(24)25)10-15(16)19/h3-10,12,17,20H,11H2,1-2H3,(H,21,23). The van der Waals surface area contributed by atoms with Gasteiger partial charge in [-0.3, -0.25) is 20.2 Å². The second-order valence-corrected chi connectivity index (χ2v) is 6.63. The van der Waals surface area contributed by atoms with E-state index < -0.39 is 11.0 Å². The van der Waals surface area contributed by atoms with Crippen LogP contribution in [-0.4, -0.2) is 30.6 Å². The number of ether oxygens (including phenoxy) is 1. The summed E-state index contributed by atoms with van der Waals surface area (Å²) in [4.78, 5) is 23.2. The average Bonchev–Trinajstić information content (AvgIpc) is 2.62. The van der Waals surface area contributed by atoms with Gasteiger partial charge in [0, 0.05) is 29.8 Å². The van der Waals surface area contributed by atoms with Gasteiger partial charge in [0.05, 0.1) is 17.2 Å². The molecule has 2 aromatic rings. The van der Waals surface area contributed by atoms with Crippen LogP contribution in [-0.2, 0) is 9.53 Å². The van der Waals surface area contributed by atoms with Crippen molar-refractivity contribution >= 4 is 33.2 Å². The van der Waals surface area contributed by atoms with Crippen molar-refractivity contribution in [2.24, 2.45) is 0 Å². The second kappa shape index (κ2) is 9.42. The predicted octanol–water partition coefficient (Wildman–Crippen LogP) is 3.66. The minimum Gasteiger partial charge on any atom is -0.383 e. The Hall–Kier alpha value is -2.29. The van der Waals surface area contributed by atoms with E-state index in [0.717, 1.165) is 5.56 Å². The molecule has 0 fully saturated rings. The van der Waals surface area contributed by atoms with Crippen molar-refractivity contribution in [3.63, 3.8) is 0 Å². The van der Waals surface area contributed by atoms with Crippen molar-refractivity contribution in [3.05, 3.63) is 68.7 Å². The quantitative estimate of drug-likeness (QED) is 0.500. The molecule has 0 saturated carbocycles. The van der Waals surface area contributed by atoms with Crippen LogP contribution in [0.1, 0.15) is 18.5 Å². The van der Waals surface area contributed by atoms with E-state index in [4.69, 9.17) is 4.74 Å². The summed E-state index contributed by atoms with van der Waals surface area (Å²) in [5.41, 5.74) is 1.22. The fourth-order valence-corrected chi connectivity index (χ4v) is 2.94. The van der Waals surface area contributed by atoms with Crippen LogP contribution in [0.25, 0.3) is 0 Å². The van der Waals surface area contributed by atoms with Gasteiger partial charge in [-0.2, -0.15) is 0 Å². The van der Waals surface area contributed by atoms with Crippen LogP contribution in [0, 0.1) is 10.1 Å². The van der Waals surface area contributed by atoms with E-state index in [1.807, 2.05) is 37.3 Å². The van der Waals surface area contributed by atoms with Crippen molar-refractivity contribution in [3.8, 4) is 0 Å². The second-order valence-electron chi connectivity index (χ2n) is 5.78. The van der Waals surface area contributed by atoms with Gasteiger partial charge in [-0.05, 0) is 34.5 Å². The molecule has 2 aromatic carbocycles. The van der Waals surface area contributed by atoms with Crippen molar-refractivity contribution in [2.45, 2.75) is 19.0 Å². The molecule has 7 nitrogen and oxygen atoms in total. The summed E-state index contributed by atoms with van der Waals surface area (Å²) in [7, 11) is 1.60. The molecular weight excluding hydrogens is 402 g/mol. The van der Waals surface area contributed by atoms with Crippen molar-refractivity contribution in [1.82, 2.24) is 5.32 Å². The third-order valence-electron chi connectivity index (χ3n) is 3.68. The Labute approximate surface area is 160 Å². The molecule has 0 radical (unpaired) electrons. The highest BCUT2D eigenvalue weighted by Crippen LogP contribution is 2.28. The summed E-state index contributed by atoms with van der Waals surface area (Å²) in [6.07, 6.45) is 0. The number of amides is 1. The van der Waals surface area contributed by atoms with E-state index in [9.17, 15) is 14.9 Å². The number of nitro benzene ring substituents is 1. The number of methoxy groups -OCH3 is 1. The number of anilines is 1. The Morgan fingerprint density at radius 2 is 1.96 bits per heavy atom. The van der Waals surface area contributed by atoms with E-state index in [0.29, 0.717) is 16.8 Å². The lowest BCUT2D eigenvalue weighted by Gasteiger charge is -2.23. The topological polar surface area (TPSA) is 93.5 Å². The third-order valence-corrected chi connectivity index (χ3v) is 4.34. The van der Waals surface area contributed by atoms with Gasteiger partial charge in [0.25, 0.3) is 5.69 Å². The Kier molecular flexibility index (Phi) is 7.26. The number of benzene rings is 2. The minimum atomic E-state index is -0.594. The molecule has 0 bridgehead atoms. The molecule has 0 heterocycles. The number of nitrogens with zero attached hydrogens (tertiary/aromatic N) is 1. The average molecular weight is 422 g/mol. The highest BCUT2D eigenvalue weighted by molar-refractivity contribution is 9.10. The van der Waals surface area contributed by atoms with Crippen LogP contribution in [0.3, 0.4) is 0 Å². The van der Waals surface area contributed by atoms with Crippen molar-refractivity contribution in [1.29, 1.82) is 0 Å². The molecule has 2 N–H and O–H groups in total. The van der Waals surface area contributed by atoms with E-state index in [1.165, 1.54) is 18.2 Å². The fraction of sp³-hybridized carbons (Fsp3) is 0.278. The van der Waals surface area contributed by atoms with Gasteiger partial charge in [-0.15, -0.1) is 0 Å². The number of rotatable bonds is 8. The molecule has 2 rings (SSSR count). The van der Waals surface area contributed by atoms with Gasteiger partial charge in [0.1, 0.15) is 6.04 Å². The first kappa shape index (κ1) is 20.0. The molecule has 138 valence electrons. The number of hydrogen-bond acceptors (Lipinski definition) is 5. The van der Waals surface area contributed by atoms with Crippen LogP contribution in [0.4, 0.5) is 11.4 Å². The maximum absolute atomic E-state index is 12.9. The first-order valence-corrected chi connectivity index (χ1v) is 8.76. The van der Waals surface area contributed by atoms with Crippen LogP contribution in [0.2, 0.25) is 0 Å². The first-order valence-electron chi connectivity index (χ1n) is 7.97. The van der Waals surface area contributed by atoms with Gasteiger partial charge in [-0.1, -0.05) is 30.3 Å². The molecule has 2 unspecified atom stereocenters. The summed E-state index contributed by atoms with van der Waals surface area (Å²) < 4.78 is 5.57. The maximum atomic E-state index is 12.9. The van der Waals surface area contributed by atoms with E-state index >= 15 is 0 Å². The number of hydrogen-bond donors (Lipinski definition) is 2. The lowest BCUT2D eigenvalue weighted by molar-refractivity contribution is -0.384. The zero-order valence-corrected chi connectivity index (χ0v) is 16.0. The number of halogens is 1. The first-order chi connectivity index (χ1) is 12.4. The van der Waals surface area contributed by atoms with Gasteiger partial charge in [0.2, 0.25) is 5.91 Å². The summed E-state index contributed by atoms with van der Waals surface area (Å²) in [5.74, 6) is -0.270. The van der Waals surface area contributed by atoms with Crippen LogP contribution >= 0.6 is 15.9 Å². The zero-order chi connectivity index (χ0) is 19.1. The Balaban J connectivity index is 2.22. The summed E-state index contributed by atoms with van der Waals surface area (Å²) in [5, 5.41) is 16.9. The number of nitrogens with one attached hydrogen (secondary N) is 2. The van der Waals surface area contributed by atoms with E-state index in [2.05, 4.69) is 26.6 Å². The number of non-ortho nitro benzene ring substituents is 1. The number of carbonyl (C=O) groups excluding carboxylic acids is 1. The molecule has 0 aliphatic carbocycles. The Morgan fingerprint density at radius 1 is 1.27 bits per heavy atom. The lowest BCUT2D eigenvalue weighted by atomic mass is 10.0. The zero-order valence-electron chi connectivity index (χ0n) is 14.4. The van der Waals surface area contributed by atoms with Gasteiger partial charge >= 0.3 is 0 Å². The Morgan fingerprint density at radius 3 is 2.54 bits per heavy atom. The minimum absolute atomic E-state index is 0.0451. The normalized spacial score (nSPS) is 13.0. The van der Waals surface area contributed by atoms with Gasteiger partial charge in [-0.25, -0.2) is 0 Å². The smallest absolute Gasteiger partial charge is 0.270 e. The highest BCUT2D eigenvalue weighted by atomic mass is 79.9. The lowest BCUT2D eigenvalue weighted by Crippen LogP contribution is -2.40. The molecule has 0 aromatic heterocycles. The SMILES string of the molecule is COCC(C)NC(C(=O)Nc1ccc([N+](=O)[O-])cc1Br)c1ccccc1. The van der Waals surface area contributed by atoms with Crippen LogP contribution in [0.5, 0.6) is 0 Å². The van der Waals surface area contributed by atoms with Crippen molar-refractivity contribution < 1.29 is 14.5 Å².